The molecule has 3 aromatic rings. The van der Waals surface area contributed by atoms with Crippen molar-refractivity contribution in [1.82, 2.24) is 4.90 Å². The zero-order chi connectivity index (χ0) is 23.3. The van der Waals surface area contributed by atoms with Gasteiger partial charge in [-0.25, -0.2) is 0 Å². The standard InChI is InChI=1S/C27H29N3O3S/c31-25(28-22-11-5-2-6-12-22)21-10-7-13-30(19-21)26(32)24-18-23(20-8-3-1-4-9-20)27(34-24)29-14-16-33-17-15-29/h1-6,8-9,11-12,18,21H,7,10,13-17,19H2,(H,28,31). The number of carbonyl (C=O) groups excluding carboxylic acids is 2. The zero-order valence-corrected chi connectivity index (χ0v) is 19.9. The topological polar surface area (TPSA) is 61.9 Å². The summed E-state index contributed by atoms with van der Waals surface area (Å²) >= 11 is 1.55. The number of rotatable bonds is 5. The largest absolute Gasteiger partial charge is 0.378 e. The Kier molecular flexibility index (Phi) is 6.92. The van der Waals surface area contributed by atoms with Crippen LogP contribution in [0, 0.1) is 5.92 Å². The molecule has 2 amide bonds. The van der Waals surface area contributed by atoms with Crippen LogP contribution >= 0.6 is 11.3 Å². The normalized spacial score (nSPS) is 18.5. The lowest BCUT2D eigenvalue weighted by Gasteiger charge is -2.32. The summed E-state index contributed by atoms with van der Waals surface area (Å²) in [5.74, 6) is -0.210. The second-order valence-electron chi connectivity index (χ2n) is 8.74. The highest BCUT2D eigenvalue weighted by atomic mass is 32.1. The van der Waals surface area contributed by atoms with Crippen molar-refractivity contribution in [2.75, 3.05) is 49.6 Å². The van der Waals surface area contributed by atoms with Crippen molar-refractivity contribution in [3.05, 3.63) is 71.6 Å². The number of benzene rings is 2. The van der Waals surface area contributed by atoms with Gasteiger partial charge >= 0.3 is 0 Å². The fraction of sp³-hybridized carbons (Fsp3) is 0.333. The third kappa shape index (κ3) is 5.00. The molecule has 6 nitrogen and oxygen atoms in total. The first-order valence-electron chi connectivity index (χ1n) is 11.9. The van der Waals surface area contributed by atoms with Gasteiger partial charge in [0.25, 0.3) is 5.91 Å². The molecule has 0 saturated carbocycles. The summed E-state index contributed by atoms with van der Waals surface area (Å²) in [7, 11) is 0. The van der Waals surface area contributed by atoms with E-state index in [0.717, 1.165) is 52.6 Å². The summed E-state index contributed by atoms with van der Waals surface area (Å²) in [6, 6.07) is 21.8. The number of anilines is 2. The van der Waals surface area contributed by atoms with Crippen LogP contribution in [0.5, 0.6) is 0 Å². The van der Waals surface area contributed by atoms with Gasteiger partial charge in [-0.3, -0.25) is 9.59 Å². The number of nitrogens with one attached hydrogen (secondary N) is 1. The lowest BCUT2D eigenvalue weighted by atomic mass is 9.96. The minimum atomic E-state index is -0.204. The Hall–Kier alpha value is -3.16. The Balaban J connectivity index is 1.35. The van der Waals surface area contributed by atoms with E-state index < -0.39 is 0 Å². The van der Waals surface area contributed by atoms with Crippen LogP contribution in [-0.4, -0.2) is 56.1 Å². The van der Waals surface area contributed by atoms with E-state index in [-0.39, 0.29) is 17.7 Å². The molecule has 7 heteroatoms. The molecular weight excluding hydrogens is 446 g/mol. The van der Waals surface area contributed by atoms with Crippen LogP contribution < -0.4 is 10.2 Å². The lowest BCUT2D eigenvalue weighted by molar-refractivity contribution is -0.121. The third-order valence-corrected chi connectivity index (χ3v) is 7.61. The van der Waals surface area contributed by atoms with Crippen molar-refractivity contribution in [2.24, 2.45) is 5.92 Å². The molecule has 1 aromatic heterocycles. The quantitative estimate of drug-likeness (QED) is 0.579. The van der Waals surface area contributed by atoms with Crippen LogP contribution in [0.4, 0.5) is 10.7 Å². The van der Waals surface area contributed by atoms with E-state index in [1.165, 1.54) is 0 Å². The monoisotopic (exact) mass is 475 g/mol. The Morgan fingerprint density at radius 3 is 2.38 bits per heavy atom. The smallest absolute Gasteiger partial charge is 0.264 e. The molecule has 0 bridgehead atoms. The number of likely N-dealkylation sites (tertiary alicyclic amines) is 1. The molecule has 1 N–H and O–H groups in total. The summed E-state index contributed by atoms with van der Waals surface area (Å²) < 4.78 is 5.54. The maximum atomic E-state index is 13.6. The molecule has 2 saturated heterocycles. The Bertz CT molecular complexity index is 1130. The van der Waals surface area contributed by atoms with Crippen LogP contribution in [-0.2, 0) is 9.53 Å². The highest BCUT2D eigenvalue weighted by Crippen LogP contribution is 2.40. The first-order chi connectivity index (χ1) is 16.7. The highest BCUT2D eigenvalue weighted by molar-refractivity contribution is 7.18. The predicted molar refractivity (Wildman–Crippen MR) is 136 cm³/mol. The number of morpholine rings is 1. The van der Waals surface area contributed by atoms with Gasteiger partial charge in [-0.1, -0.05) is 48.5 Å². The molecule has 5 rings (SSSR count). The maximum absolute atomic E-state index is 13.6. The number of ether oxygens (including phenoxy) is 1. The van der Waals surface area contributed by atoms with Gasteiger partial charge in [0.1, 0.15) is 0 Å². The molecule has 34 heavy (non-hydrogen) atoms. The number of para-hydroxylation sites is 1. The molecule has 2 aromatic carbocycles. The Labute approximate surface area is 204 Å². The number of piperidine rings is 1. The molecule has 3 heterocycles. The average Bonchev–Trinajstić information content (AvgIpc) is 3.35. The van der Waals surface area contributed by atoms with Crippen molar-refractivity contribution in [3.63, 3.8) is 0 Å². The lowest BCUT2D eigenvalue weighted by Crippen LogP contribution is -2.43. The van der Waals surface area contributed by atoms with Crippen molar-refractivity contribution >= 4 is 33.8 Å². The van der Waals surface area contributed by atoms with Crippen LogP contribution in [0.2, 0.25) is 0 Å². The van der Waals surface area contributed by atoms with E-state index in [9.17, 15) is 9.59 Å². The van der Waals surface area contributed by atoms with Crippen LogP contribution in [0.3, 0.4) is 0 Å². The molecule has 1 unspecified atom stereocenters. The van der Waals surface area contributed by atoms with Crippen LogP contribution in [0.1, 0.15) is 22.5 Å². The van der Waals surface area contributed by atoms with Crippen molar-refractivity contribution < 1.29 is 14.3 Å². The van der Waals surface area contributed by atoms with Gasteiger partial charge < -0.3 is 19.9 Å². The number of nitrogens with zero attached hydrogens (tertiary/aromatic N) is 2. The number of amides is 2. The average molecular weight is 476 g/mol. The second kappa shape index (κ2) is 10.4. The summed E-state index contributed by atoms with van der Waals surface area (Å²) in [6.07, 6.45) is 1.62. The zero-order valence-electron chi connectivity index (χ0n) is 19.1. The number of carbonyl (C=O) groups is 2. The summed E-state index contributed by atoms with van der Waals surface area (Å²) in [4.78, 5) is 31.3. The van der Waals surface area contributed by atoms with Gasteiger partial charge in [0.2, 0.25) is 5.91 Å². The first kappa shape index (κ1) is 22.6. The van der Waals surface area contributed by atoms with Gasteiger partial charge in [-0.2, -0.15) is 0 Å². The third-order valence-electron chi connectivity index (χ3n) is 6.43. The minimum absolute atomic E-state index is 0.0129. The van der Waals surface area contributed by atoms with E-state index in [1.54, 1.807) is 11.3 Å². The number of hydrogen-bond donors (Lipinski definition) is 1. The molecule has 1 atom stereocenters. The molecule has 2 aliphatic rings. The van der Waals surface area contributed by atoms with Gasteiger partial charge in [0, 0.05) is 37.4 Å². The van der Waals surface area contributed by atoms with Gasteiger partial charge in [-0.05, 0) is 36.6 Å². The fourth-order valence-corrected chi connectivity index (χ4v) is 5.81. The van der Waals surface area contributed by atoms with Crippen molar-refractivity contribution in [1.29, 1.82) is 0 Å². The molecule has 176 valence electrons. The maximum Gasteiger partial charge on any atom is 0.264 e. The predicted octanol–water partition coefficient (Wildman–Crippen LogP) is 4.74. The van der Waals surface area contributed by atoms with E-state index in [1.807, 2.05) is 59.5 Å². The highest BCUT2D eigenvalue weighted by Gasteiger charge is 2.31. The molecule has 0 radical (unpaired) electrons. The van der Waals surface area contributed by atoms with Gasteiger partial charge in [-0.15, -0.1) is 11.3 Å². The van der Waals surface area contributed by atoms with Crippen molar-refractivity contribution in [2.45, 2.75) is 12.8 Å². The molecular formula is C27H29N3O3S. The van der Waals surface area contributed by atoms with E-state index in [2.05, 4.69) is 22.3 Å². The Morgan fingerprint density at radius 2 is 1.65 bits per heavy atom. The minimum Gasteiger partial charge on any atom is -0.378 e. The number of hydrogen-bond acceptors (Lipinski definition) is 5. The number of thiophene rings is 1. The Morgan fingerprint density at radius 1 is 0.941 bits per heavy atom. The first-order valence-corrected chi connectivity index (χ1v) is 12.7. The molecule has 0 spiro atoms. The molecule has 0 aliphatic carbocycles. The van der Waals surface area contributed by atoms with E-state index >= 15 is 0 Å². The summed E-state index contributed by atoms with van der Waals surface area (Å²) in [6.45, 7) is 4.15. The SMILES string of the molecule is O=C(Nc1ccccc1)C1CCCN(C(=O)c2cc(-c3ccccc3)c(N3CCOCC3)s2)C1. The van der Waals surface area contributed by atoms with Crippen LogP contribution in [0.15, 0.2) is 66.7 Å². The fourth-order valence-electron chi connectivity index (χ4n) is 4.61. The molecule has 2 aliphatic heterocycles. The van der Waals surface area contributed by atoms with Gasteiger partial charge in [0.05, 0.1) is 29.0 Å². The van der Waals surface area contributed by atoms with Crippen LogP contribution in [0.25, 0.3) is 11.1 Å². The summed E-state index contributed by atoms with van der Waals surface area (Å²) in [5, 5.41) is 4.11. The molecule has 2 fully saturated rings. The van der Waals surface area contributed by atoms with Gasteiger partial charge in [0.15, 0.2) is 0 Å². The summed E-state index contributed by atoms with van der Waals surface area (Å²) in [5.41, 5.74) is 2.99. The van der Waals surface area contributed by atoms with Crippen molar-refractivity contribution in [3.8, 4) is 11.1 Å². The second-order valence-corrected chi connectivity index (χ2v) is 9.77. The van der Waals surface area contributed by atoms with E-state index in [0.29, 0.717) is 26.3 Å². The van der Waals surface area contributed by atoms with E-state index in [4.69, 9.17) is 4.74 Å².